The van der Waals surface area contributed by atoms with Gasteiger partial charge in [0.25, 0.3) is 0 Å². The first-order valence-electron chi connectivity index (χ1n) is 8.31. The average molecular weight is 280 g/mol. The first kappa shape index (κ1) is 14.3. The molecule has 0 amide bonds. The van der Waals surface area contributed by atoms with Gasteiger partial charge < -0.3 is 9.94 Å². The molecule has 2 heterocycles. The molecular formula is C16H28N2O2. The molecule has 0 aromatic carbocycles. The van der Waals surface area contributed by atoms with Crippen molar-refractivity contribution in [2.24, 2.45) is 11.1 Å². The van der Waals surface area contributed by atoms with E-state index in [1.54, 1.807) is 0 Å². The van der Waals surface area contributed by atoms with E-state index in [-0.39, 0.29) is 5.60 Å². The predicted octanol–water partition coefficient (Wildman–Crippen LogP) is 3.04. The van der Waals surface area contributed by atoms with Crippen molar-refractivity contribution in [1.29, 1.82) is 0 Å². The van der Waals surface area contributed by atoms with Gasteiger partial charge in [-0.3, -0.25) is 4.90 Å². The molecule has 1 aliphatic carbocycles. The number of piperidine rings is 1. The molecule has 1 N–H and O–H groups in total. The molecule has 2 aliphatic heterocycles. The Bertz CT molecular complexity index is 358. The number of ether oxygens (including phenoxy) is 1. The summed E-state index contributed by atoms with van der Waals surface area (Å²) in [5.41, 5.74) is 1.16. The Labute approximate surface area is 122 Å². The summed E-state index contributed by atoms with van der Waals surface area (Å²) in [6, 6.07) is 0.671. The summed E-state index contributed by atoms with van der Waals surface area (Å²) in [5, 5.41) is 12.5. The Morgan fingerprint density at radius 2 is 2.10 bits per heavy atom. The Morgan fingerprint density at radius 3 is 2.80 bits per heavy atom. The lowest BCUT2D eigenvalue weighted by Crippen LogP contribution is -2.53. The summed E-state index contributed by atoms with van der Waals surface area (Å²) in [6.07, 6.45) is 9.88. The van der Waals surface area contributed by atoms with Gasteiger partial charge in [0.15, 0.2) is 0 Å². The number of likely N-dealkylation sites (tertiary alicyclic amines) is 1. The molecule has 0 radical (unpaired) electrons. The van der Waals surface area contributed by atoms with Crippen molar-refractivity contribution in [3.63, 3.8) is 0 Å². The molecule has 2 atom stereocenters. The van der Waals surface area contributed by atoms with Crippen LogP contribution in [0.15, 0.2) is 5.16 Å². The lowest BCUT2D eigenvalue weighted by molar-refractivity contribution is -0.125. The highest BCUT2D eigenvalue weighted by Crippen LogP contribution is 2.40. The van der Waals surface area contributed by atoms with Crippen molar-refractivity contribution in [2.75, 3.05) is 19.7 Å². The first-order chi connectivity index (χ1) is 9.72. The Balaban J connectivity index is 1.62. The standard InChI is InChI=1S/C16H28N2O2/c1-13-12-18(9-5-15(13)17-19)14-6-10-20-16(11-14)7-3-2-4-8-16/h13-14,19H,2-12H2,1H3. The molecular weight excluding hydrogens is 252 g/mol. The van der Waals surface area contributed by atoms with Crippen LogP contribution >= 0.6 is 0 Å². The Kier molecular flexibility index (Phi) is 4.32. The van der Waals surface area contributed by atoms with Crippen LogP contribution in [0.1, 0.15) is 58.3 Å². The van der Waals surface area contributed by atoms with E-state index in [0.29, 0.717) is 12.0 Å². The molecule has 2 unspecified atom stereocenters. The van der Waals surface area contributed by atoms with Crippen LogP contribution in [0, 0.1) is 5.92 Å². The summed E-state index contributed by atoms with van der Waals surface area (Å²) >= 11 is 0. The summed E-state index contributed by atoms with van der Waals surface area (Å²) < 4.78 is 6.21. The number of nitrogens with zero attached hydrogens (tertiary/aromatic N) is 2. The third-order valence-corrected chi connectivity index (χ3v) is 5.61. The zero-order valence-corrected chi connectivity index (χ0v) is 12.7. The molecule has 2 saturated heterocycles. The number of hydrogen-bond donors (Lipinski definition) is 1. The summed E-state index contributed by atoms with van der Waals surface area (Å²) in [7, 11) is 0. The summed E-state index contributed by atoms with van der Waals surface area (Å²) in [6.45, 7) is 5.19. The number of rotatable bonds is 1. The van der Waals surface area contributed by atoms with Crippen LogP contribution in [0.5, 0.6) is 0 Å². The fraction of sp³-hybridized carbons (Fsp3) is 0.938. The van der Waals surface area contributed by atoms with Gasteiger partial charge in [-0.2, -0.15) is 0 Å². The molecule has 1 spiro atoms. The quantitative estimate of drug-likeness (QED) is 0.593. The molecule has 0 bridgehead atoms. The fourth-order valence-corrected chi connectivity index (χ4v) is 4.39. The molecule has 4 heteroatoms. The van der Waals surface area contributed by atoms with Crippen LogP contribution < -0.4 is 0 Å². The van der Waals surface area contributed by atoms with Gasteiger partial charge in [0, 0.05) is 38.1 Å². The van der Waals surface area contributed by atoms with E-state index in [1.807, 2.05) is 0 Å². The Hall–Kier alpha value is -0.610. The molecule has 3 rings (SSSR count). The maximum absolute atomic E-state index is 9.01. The van der Waals surface area contributed by atoms with Crippen LogP contribution in [0.25, 0.3) is 0 Å². The van der Waals surface area contributed by atoms with Gasteiger partial charge in [0.05, 0.1) is 11.3 Å². The van der Waals surface area contributed by atoms with Crippen molar-refractivity contribution >= 4 is 5.71 Å². The van der Waals surface area contributed by atoms with Crippen LogP contribution in [-0.4, -0.2) is 47.2 Å². The second-order valence-electron chi connectivity index (χ2n) is 6.98. The van der Waals surface area contributed by atoms with E-state index in [2.05, 4.69) is 17.0 Å². The highest BCUT2D eigenvalue weighted by atomic mass is 16.5. The molecule has 3 aliphatic rings. The van der Waals surface area contributed by atoms with Crippen molar-refractivity contribution in [1.82, 2.24) is 4.90 Å². The molecule has 3 fully saturated rings. The van der Waals surface area contributed by atoms with Crippen LogP contribution in [0.4, 0.5) is 0 Å². The average Bonchev–Trinajstić information content (AvgIpc) is 2.48. The van der Waals surface area contributed by atoms with E-state index in [9.17, 15) is 0 Å². The van der Waals surface area contributed by atoms with Gasteiger partial charge >= 0.3 is 0 Å². The monoisotopic (exact) mass is 280 g/mol. The normalized spacial score (nSPS) is 37.4. The minimum Gasteiger partial charge on any atom is -0.411 e. The molecule has 4 nitrogen and oxygen atoms in total. The second kappa shape index (κ2) is 6.02. The van der Waals surface area contributed by atoms with Crippen molar-refractivity contribution in [3.05, 3.63) is 0 Å². The lowest BCUT2D eigenvalue weighted by atomic mass is 9.77. The highest BCUT2D eigenvalue weighted by Gasteiger charge is 2.41. The zero-order chi connectivity index (χ0) is 14.0. The minimum absolute atomic E-state index is 0.190. The van der Waals surface area contributed by atoms with E-state index in [1.165, 1.54) is 44.9 Å². The van der Waals surface area contributed by atoms with Gasteiger partial charge in [-0.1, -0.05) is 31.3 Å². The van der Waals surface area contributed by atoms with E-state index in [4.69, 9.17) is 9.94 Å². The van der Waals surface area contributed by atoms with Gasteiger partial charge in [-0.25, -0.2) is 0 Å². The number of oxime groups is 1. The molecule has 20 heavy (non-hydrogen) atoms. The molecule has 114 valence electrons. The molecule has 0 aromatic heterocycles. The summed E-state index contributed by atoms with van der Waals surface area (Å²) in [5.74, 6) is 0.388. The van der Waals surface area contributed by atoms with E-state index >= 15 is 0 Å². The summed E-state index contributed by atoms with van der Waals surface area (Å²) in [4.78, 5) is 2.62. The highest BCUT2D eigenvalue weighted by molar-refractivity contribution is 5.87. The smallest absolute Gasteiger partial charge is 0.0697 e. The second-order valence-corrected chi connectivity index (χ2v) is 6.98. The largest absolute Gasteiger partial charge is 0.411 e. The maximum Gasteiger partial charge on any atom is 0.0697 e. The minimum atomic E-state index is 0.190. The van der Waals surface area contributed by atoms with Crippen LogP contribution in [0.2, 0.25) is 0 Å². The van der Waals surface area contributed by atoms with Crippen molar-refractivity contribution < 1.29 is 9.94 Å². The SMILES string of the molecule is CC1CN(C2CCOC3(CCCCC3)C2)CCC1=NO. The van der Waals surface area contributed by atoms with E-state index in [0.717, 1.165) is 31.8 Å². The topological polar surface area (TPSA) is 45.1 Å². The predicted molar refractivity (Wildman–Crippen MR) is 79.4 cm³/mol. The molecule has 1 saturated carbocycles. The van der Waals surface area contributed by atoms with Gasteiger partial charge in [0.2, 0.25) is 0 Å². The Morgan fingerprint density at radius 1 is 1.30 bits per heavy atom. The zero-order valence-electron chi connectivity index (χ0n) is 12.7. The first-order valence-corrected chi connectivity index (χ1v) is 8.31. The van der Waals surface area contributed by atoms with Crippen LogP contribution in [0.3, 0.4) is 0 Å². The molecule has 0 aromatic rings. The van der Waals surface area contributed by atoms with Gasteiger partial charge in [0.1, 0.15) is 0 Å². The maximum atomic E-state index is 9.01. The third kappa shape index (κ3) is 2.86. The number of hydrogen-bond acceptors (Lipinski definition) is 4. The van der Waals surface area contributed by atoms with Crippen LogP contribution in [-0.2, 0) is 4.74 Å². The van der Waals surface area contributed by atoms with Gasteiger partial charge in [-0.15, -0.1) is 0 Å². The van der Waals surface area contributed by atoms with Crippen molar-refractivity contribution in [2.45, 2.75) is 69.9 Å². The van der Waals surface area contributed by atoms with E-state index < -0.39 is 0 Å². The van der Waals surface area contributed by atoms with Gasteiger partial charge in [-0.05, 0) is 25.7 Å². The third-order valence-electron chi connectivity index (χ3n) is 5.61. The lowest BCUT2D eigenvalue weighted by Gasteiger charge is -2.48. The van der Waals surface area contributed by atoms with Crippen molar-refractivity contribution in [3.8, 4) is 0 Å². The fourth-order valence-electron chi connectivity index (χ4n) is 4.39.